The Labute approximate surface area is 169 Å². The van der Waals surface area contributed by atoms with Crippen LogP contribution in [0.25, 0.3) is 0 Å². The van der Waals surface area contributed by atoms with Crippen LogP contribution in [0.2, 0.25) is 0 Å². The lowest BCUT2D eigenvalue weighted by molar-refractivity contribution is 0.102. The molecule has 1 N–H and O–H groups in total. The number of benzene rings is 2. The predicted molar refractivity (Wildman–Crippen MR) is 114 cm³/mol. The van der Waals surface area contributed by atoms with E-state index in [0.29, 0.717) is 11.6 Å². The number of amides is 1. The van der Waals surface area contributed by atoms with Crippen LogP contribution >= 0.6 is 11.3 Å². The van der Waals surface area contributed by atoms with E-state index >= 15 is 0 Å². The van der Waals surface area contributed by atoms with Gasteiger partial charge in [0.25, 0.3) is 5.91 Å². The van der Waals surface area contributed by atoms with Crippen LogP contribution in [-0.4, -0.2) is 22.6 Å². The van der Waals surface area contributed by atoms with E-state index in [1.807, 2.05) is 24.3 Å². The number of hydrogen-bond donors (Lipinski definition) is 1. The zero-order chi connectivity index (χ0) is 19.5. The van der Waals surface area contributed by atoms with E-state index in [0.717, 1.165) is 36.5 Å². The Hall–Kier alpha value is -2.73. The predicted octanol–water partition coefficient (Wildman–Crippen LogP) is 4.61. The molecule has 144 valence electrons. The molecule has 1 aromatic heterocycles. The Morgan fingerprint density at radius 3 is 2.79 bits per heavy atom. The highest BCUT2D eigenvalue weighted by atomic mass is 32.1. The normalized spacial score (nSPS) is 13.3. The maximum absolute atomic E-state index is 12.5. The molecule has 2 aromatic carbocycles. The molecule has 0 radical (unpaired) electrons. The summed E-state index contributed by atoms with van der Waals surface area (Å²) in [5, 5.41) is 12.5. The van der Waals surface area contributed by atoms with Crippen LogP contribution in [0.5, 0.6) is 0 Å². The van der Waals surface area contributed by atoms with Gasteiger partial charge in [-0.25, -0.2) is 0 Å². The average molecular weight is 393 g/mol. The molecule has 1 amide bonds. The first-order valence-electron chi connectivity index (χ1n) is 9.69. The molecule has 0 saturated heterocycles. The second kappa shape index (κ2) is 8.10. The van der Waals surface area contributed by atoms with Crippen molar-refractivity contribution in [1.82, 2.24) is 10.2 Å². The van der Waals surface area contributed by atoms with Crippen LogP contribution in [0.15, 0.2) is 42.5 Å². The topological polar surface area (TPSA) is 58.1 Å². The zero-order valence-corrected chi connectivity index (χ0v) is 17.1. The van der Waals surface area contributed by atoms with Gasteiger partial charge in [0.15, 0.2) is 0 Å². The number of rotatable bonds is 5. The van der Waals surface area contributed by atoms with Gasteiger partial charge in [-0.05, 0) is 55.5 Å². The Kier molecular flexibility index (Phi) is 5.39. The lowest BCUT2D eigenvalue weighted by Gasteiger charge is -2.30. The number of nitrogens with one attached hydrogen (secondary N) is 1. The maximum atomic E-state index is 12.5. The molecule has 0 unspecified atom stereocenters. The van der Waals surface area contributed by atoms with Crippen LogP contribution in [0.4, 0.5) is 11.4 Å². The summed E-state index contributed by atoms with van der Waals surface area (Å²) in [6, 6.07) is 14.5. The second-order valence-corrected chi connectivity index (χ2v) is 8.22. The number of carbonyl (C=O) groups is 1. The molecule has 1 aliphatic rings. The molecule has 0 bridgehead atoms. The van der Waals surface area contributed by atoms with Crippen molar-refractivity contribution in [2.24, 2.45) is 0 Å². The minimum absolute atomic E-state index is 0.206. The average Bonchev–Trinajstić information content (AvgIpc) is 3.17. The van der Waals surface area contributed by atoms with Crippen molar-refractivity contribution in [1.29, 1.82) is 0 Å². The van der Waals surface area contributed by atoms with Crippen molar-refractivity contribution in [2.45, 2.75) is 39.7 Å². The SMILES string of the molecule is CCc1ccc(NC(=O)c2nnc(CN3CCCc4cc(C)ccc43)s2)cc1. The number of anilines is 2. The highest BCUT2D eigenvalue weighted by Gasteiger charge is 2.20. The largest absolute Gasteiger partial charge is 0.364 e. The van der Waals surface area contributed by atoms with Crippen LogP contribution < -0.4 is 10.2 Å². The molecule has 4 rings (SSSR count). The molecule has 6 heteroatoms. The highest BCUT2D eigenvalue weighted by molar-refractivity contribution is 7.13. The first-order valence-corrected chi connectivity index (χ1v) is 10.5. The van der Waals surface area contributed by atoms with E-state index in [-0.39, 0.29) is 5.91 Å². The molecule has 0 fully saturated rings. The number of nitrogens with zero attached hydrogens (tertiary/aromatic N) is 3. The molecule has 28 heavy (non-hydrogen) atoms. The quantitative estimate of drug-likeness (QED) is 0.689. The third kappa shape index (κ3) is 4.07. The van der Waals surface area contributed by atoms with Gasteiger partial charge in [0.05, 0.1) is 6.54 Å². The van der Waals surface area contributed by atoms with E-state index in [1.54, 1.807) is 0 Å². The zero-order valence-electron chi connectivity index (χ0n) is 16.2. The summed E-state index contributed by atoms with van der Waals surface area (Å²) in [6.07, 6.45) is 3.23. The van der Waals surface area contributed by atoms with E-state index in [9.17, 15) is 4.79 Å². The van der Waals surface area contributed by atoms with Gasteiger partial charge >= 0.3 is 0 Å². The summed E-state index contributed by atoms with van der Waals surface area (Å²) in [4.78, 5) is 14.8. The fourth-order valence-corrected chi connectivity index (χ4v) is 4.30. The van der Waals surface area contributed by atoms with E-state index in [1.165, 1.54) is 33.7 Å². The third-order valence-electron chi connectivity index (χ3n) is 5.06. The summed E-state index contributed by atoms with van der Waals surface area (Å²) >= 11 is 1.36. The molecule has 0 spiro atoms. The molecule has 1 aliphatic heterocycles. The van der Waals surface area contributed by atoms with Crippen molar-refractivity contribution < 1.29 is 4.79 Å². The fourth-order valence-electron chi connectivity index (χ4n) is 3.55. The molecule has 0 aliphatic carbocycles. The van der Waals surface area contributed by atoms with E-state index in [4.69, 9.17) is 0 Å². The van der Waals surface area contributed by atoms with Crippen molar-refractivity contribution >= 4 is 28.6 Å². The van der Waals surface area contributed by atoms with Crippen LogP contribution in [0.3, 0.4) is 0 Å². The van der Waals surface area contributed by atoms with E-state index < -0.39 is 0 Å². The Morgan fingerprint density at radius 1 is 1.18 bits per heavy atom. The van der Waals surface area contributed by atoms with Crippen LogP contribution in [-0.2, 0) is 19.4 Å². The van der Waals surface area contributed by atoms with Gasteiger partial charge in [0.1, 0.15) is 5.01 Å². The number of fused-ring (bicyclic) bond motifs is 1. The van der Waals surface area contributed by atoms with Gasteiger partial charge < -0.3 is 10.2 Å². The molecular weight excluding hydrogens is 368 g/mol. The van der Waals surface area contributed by atoms with Gasteiger partial charge in [-0.15, -0.1) is 10.2 Å². The Bertz CT molecular complexity index is 980. The van der Waals surface area contributed by atoms with Crippen molar-refractivity contribution in [3.05, 3.63) is 69.2 Å². The molecule has 0 atom stereocenters. The lowest BCUT2D eigenvalue weighted by Crippen LogP contribution is -2.28. The first kappa shape index (κ1) is 18.6. The first-order chi connectivity index (χ1) is 13.6. The number of carbonyl (C=O) groups excluding carboxylic acids is 1. The van der Waals surface area contributed by atoms with Gasteiger partial charge in [-0.1, -0.05) is 48.1 Å². The van der Waals surface area contributed by atoms with Crippen LogP contribution in [0.1, 0.15) is 44.8 Å². The summed E-state index contributed by atoms with van der Waals surface area (Å²) in [7, 11) is 0. The summed E-state index contributed by atoms with van der Waals surface area (Å²) < 4.78 is 0. The van der Waals surface area contributed by atoms with Gasteiger partial charge in [-0.3, -0.25) is 4.79 Å². The van der Waals surface area contributed by atoms with Gasteiger partial charge in [0.2, 0.25) is 5.01 Å². The summed E-state index contributed by atoms with van der Waals surface area (Å²) in [5.74, 6) is -0.206. The van der Waals surface area contributed by atoms with Crippen molar-refractivity contribution in [2.75, 3.05) is 16.8 Å². The summed E-state index contributed by atoms with van der Waals surface area (Å²) in [6.45, 7) is 5.93. The second-order valence-electron chi connectivity index (χ2n) is 7.16. The Balaban J connectivity index is 1.44. The maximum Gasteiger partial charge on any atom is 0.286 e. The van der Waals surface area contributed by atoms with Crippen molar-refractivity contribution in [3.8, 4) is 0 Å². The monoisotopic (exact) mass is 392 g/mol. The fraction of sp³-hybridized carbons (Fsp3) is 0.318. The van der Waals surface area contributed by atoms with Gasteiger partial charge in [-0.2, -0.15) is 0 Å². The Morgan fingerprint density at radius 2 is 2.00 bits per heavy atom. The number of aryl methyl sites for hydroxylation is 3. The lowest BCUT2D eigenvalue weighted by atomic mass is 10.00. The molecular formula is C22H24N4OS. The number of aromatic nitrogens is 2. The third-order valence-corrected chi connectivity index (χ3v) is 5.96. The standard InChI is InChI=1S/C22H24N4OS/c1-3-16-7-9-18(10-8-16)23-21(27)22-25-24-20(28-22)14-26-12-4-5-17-13-15(2)6-11-19(17)26/h6-11,13H,3-5,12,14H2,1-2H3,(H,23,27). The van der Waals surface area contributed by atoms with Crippen LogP contribution in [0, 0.1) is 6.92 Å². The van der Waals surface area contributed by atoms with Crippen molar-refractivity contribution in [3.63, 3.8) is 0 Å². The highest BCUT2D eigenvalue weighted by Crippen LogP contribution is 2.29. The molecule has 2 heterocycles. The molecule has 0 saturated carbocycles. The molecule has 3 aromatic rings. The smallest absolute Gasteiger partial charge is 0.286 e. The molecule has 5 nitrogen and oxygen atoms in total. The number of hydrogen-bond acceptors (Lipinski definition) is 5. The van der Waals surface area contributed by atoms with Gasteiger partial charge in [0, 0.05) is 17.9 Å². The minimum Gasteiger partial charge on any atom is -0.364 e. The minimum atomic E-state index is -0.206. The van der Waals surface area contributed by atoms with E-state index in [2.05, 4.69) is 52.5 Å². The summed E-state index contributed by atoms with van der Waals surface area (Å²) in [5.41, 5.74) is 5.98.